The molecule has 2 rings (SSSR count). The van der Waals surface area contributed by atoms with Crippen molar-refractivity contribution in [2.75, 3.05) is 20.7 Å². The average Bonchev–Trinajstić information content (AvgIpc) is 2.89. The van der Waals surface area contributed by atoms with Gasteiger partial charge in [0.25, 0.3) is 0 Å². The Morgan fingerprint density at radius 1 is 1.30 bits per heavy atom. The van der Waals surface area contributed by atoms with Gasteiger partial charge in [0.2, 0.25) is 0 Å². The number of ether oxygens (including phenoxy) is 1. The number of hydrogen-bond acceptors (Lipinski definition) is 4. The summed E-state index contributed by atoms with van der Waals surface area (Å²) in [5, 5.41) is 7.79. The lowest BCUT2D eigenvalue weighted by molar-refractivity contribution is 0.414. The first-order chi connectivity index (χ1) is 11.1. The minimum Gasteiger partial charge on any atom is -0.497 e. The predicted molar refractivity (Wildman–Crippen MR) is 96.5 cm³/mol. The molecule has 5 nitrogen and oxygen atoms in total. The van der Waals surface area contributed by atoms with Crippen LogP contribution < -0.4 is 15.4 Å². The van der Waals surface area contributed by atoms with E-state index in [2.05, 4.69) is 40.5 Å². The summed E-state index contributed by atoms with van der Waals surface area (Å²) in [6.45, 7) is 5.67. The van der Waals surface area contributed by atoms with E-state index in [0.29, 0.717) is 6.54 Å². The maximum atomic E-state index is 5.23. The number of nitrogens with one attached hydrogen (secondary N) is 2. The van der Waals surface area contributed by atoms with E-state index >= 15 is 0 Å². The lowest BCUT2D eigenvalue weighted by Crippen LogP contribution is -2.37. The zero-order valence-electron chi connectivity index (χ0n) is 14.1. The van der Waals surface area contributed by atoms with Crippen LogP contribution in [0.3, 0.4) is 0 Å². The fraction of sp³-hybridized carbons (Fsp3) is 0.412. The largest absolute Gasteiger partial charge is 0.497 e. The van der Waals surface area contributed by atoms with Gasteiger partial charge in [-0.3, -0.25) is 4.99 Å². The molecule has 0 aliphatic heterocycles. The SMILES string of the molecule is CN=C(NCCc1nc(C)c(C)s1)NCc1cccc(OC)c1. The zero-order chi connectivity index (χ0) is 16.7. The van der Waals surface area contributed by atoms with E-state index in [-0.39, 0.29) is 0 Å². The zero-order valence-corrected chi connectivity index (χ0v) is 15.0. The number of benzene rings is 1. The summed E-state index contributed by atoms with van der Waals surface area (Å²) in [6, 6.07) is 8.00. The smallest absolute Gasteiger partial charge is 0.191 e. The van der Waals surface area contributed by atoms with Gasteiger partial charge >= 0.3 is 0 Å². The molecule has 0 saturated carbocycles. The molecule has 0 aliphatic carbocycles. The minimum atomic E-state index is 0.701. The summed E-state index contributed by atoms with van der Waals surface area (Å²) in [7, 11) is 3.45. The van der Waals surface area contributed by atoms with Crippen molar-refractivity contribution in [2.45, 2.75) is 26.8 Å². The van der Waals surface area contributed by atoms with Gasteiger partial charge in [0.15, 0.2) is 5.96 Å². The van der Waals surface area contributed by atoms with Crippen molar-refractivity contribution in [1.29, 1.82) is 0 Å². The molecule has 0 atom stereocenters. The van der Waals surface area contributed by atoms with Gasteiger partial charge in [-0.2, -0.15) is 0 Å². The summed E-state index contributed by atoms with van der Waals surface area (Å²) >= 11 is 1.76. The number of guanidine groups is 1. The highest BCUT2D eigenvalue weighted by atomic mass is 32.1. The minimum absolute atomic E-state index is 0.701. The molecule has 0 amide bonds. The summed E-state index contributed by atoms with van der Waals surface area (Å²) < 4.78 is 5.23. The van der Waals surface area contributed by atoms with Crippen molar-refractivity contribution in [1.82, 2.24) is 15.6 Å². The van der Waals surface area contributed by atoms with Gasteiger partial charge in [-0.1, -0.05) is 12.1 Å². The van der Waals surface area contributed by atoms with Crippen LogP contribution in [-0.2, 0) is 13.0 Å². The monoisotopic (exact) mass is 332 g/mol. The summed E-state index contributed by atoms with van der Waals surface area (Å²) in [5.41, 5.74) is 2.28. The first kappa shape index (κ1) is 17.3. The van der Waals surface area contributed by atoms with E-state index < -0.39 is 0 Å². The van der Waals surface area contributed by atoms with Crippen LogP contribution in [0.4, 0.5) is 0 Å². The Hall–Kier alpha value is -2.08. The van der Waals surface area contributed by atoms with Crippen LogP contribution in [0.15, 0.2) is 29.3 Å². The van der Waals surface area contributed by atoms with E-state index in [1.165, 1.54) is 4.88 Å². The van der Waals surface area contributed by atoms with Crippen LogP contribution in [0, 0.1) is 13.8 Å². The second-order valence-corrected chi connectivity index (χ2v) is 6.49. The molecule has 0 fully saturated rings. The fourth-order valence-electron chi connectivity index (χ4n) is 2.12. The standard InChI is InChI=1S/C17H24N4OS/c1-12-13(2)23-16(21-12)8-9-19-17(18-3)20-11-14-6-5-7-15(10-14)22-4/h5-7,10H,8-9,11H2,1-4H3,(H2,18,19,20). The molecular formula is C17H24N4OS. The van der Waals surface area contributed by atoms with Crippen LogP contribution >= 0.6 is 11.3 Å². The van der Waals surface area contributed by atoms with Gasteiger partial charge in [0, 0.05) is 31.4 Å². The van der Waals surface area contributed by atoms with E-state index in [4.69, 9.17) is 4.74 Å². The van der Waals surface area contributed by atoms with Crippen molar-refractivity contribution >= 4 is 17.3 Å². The Kier molecular flexibility index (Phi) is 6.40. The third-order valence-electron chi connectivity index (χ3n) is 3.52. The molecule has 0 unspecified atom stereocenters. The molecule has 0 spiro atoms. The number of methoxy groups -OCH3 is 1. The second-order valence-electron chi connectivity index (χ2n) is 5.20. The molecule has 2 N–H and O–H groups in total. The van der Waals surface area contributed by atoms with Crippen LogP contribution in [0.2, 0.25) is 0 Å². The lowest BCUT2D eigenvalue weighted by Gasteiger charge is -2.12. The molecule has 23 heavy (non-hydrogen) atoms. The van der Waals surface area contributed by atoms with Crippen molar-refractivity contribution in [2.24, 2.45) is 4.99 Å². The van der Waals surface area contributed by atoms with Gasteiger partial charge in [-0.05, 0) is 31.5 Å². The summed E-state index contributed by atoms with van der Waals surface area (Å²) in [5.74, 6) is 1.65. The van der Waals surface area contributed by atoms with E-state index in [9.17, 15) is 0 Å². The highest BCUT2D eigenvalue weighted by Crippen LogP contribution is 2.16. The number of hydrogen-bond donors (Lipinski definition) is 2. The van der Waals surface area contributed by atoms with Crippen LogP contribution in [0.5, 0.6) is 5.75 Å². The highest BCUT2D eigenvalue weighted by molar-refractivity contribution is 7.11. The fourth-order valence-corrected chi connectivity index (χ4v) is 3.06. The van der Waals surface area contributed by atoms with Gasteiger partial charge in [0.1, 0.15) is 5.75 Å². The number of nitrogens with zero attached hydrogens (tertiary/aromatic N) is 2. The molecule has 1 aromatic carbocycles. The van der Waals surface area contributed by atoms with Gasteiger partial charge in [-0.25, -0.2) is 4.98 Å². The van der Waals surface area contributed by atoms with E-state index in [1.807, 2.05) is 18.2 Å². The van der Waals surface area contributed by atoms with Crippen molar-refractivity contribution in [3.8, 4) is 5.75 Å². The topological polar surface area (TPSA) is 58.5 Å². The van der Waals surface area contributed by atoms with Crippen molar-refractivity contribution in [3.63, 3.8) is 0 Å². The number of thiazole rings is 1. The Labute approximate surface area is 141 Å². The van der Waals surface area contributed by atoms with Gasteiger partial charge in [0.05, 0.1) is 17.8 Å². The lowest BCUT2D eigenvalue weighted by atomic mass is 10.2. The van der Waals surface area contributed by atoms with Crippen molar-refractivity contribution in [3.05, 3.63) is 45.4 Å². The molecule has 1 heterocycles. The molecule has 6 heteroatoms. The van der Waals surface area contributed by atoms with Crippen LogP contribution in [0.25, 0.3) is 0 Å². The highest BCUT2D eigenvalue weighted by Gasteiger charge is 2.04. The Morgan fingerprint density at radius 3 is 2.78 bits per heavy atom. The second kappa shape index (κ2) is 8.53. The predicted octanol–water partition coefficient (Wildman–Crippen LogP) is 2.68. The number of rotatable bonds is 6. The number of aromatic nitrogens is 1. The van der Waals surface area contributed by atoms with E-state index in [0.717, 1.165) is 40.9 Å². The van der Waals surface area contributed by atoms with Crippen LogP contribution in [0.1, 0.15) is 21.1 Å². The van der Waals surface area contributed by atoms with Crippen LogP contribution in [-0.4, -0.2) is 31.6 Å². The number of aryl methyl sites for hydroxylation is 2. The molecule has 124 valence electrons. The quantitative estimate of drug-likeness (QED) is 0.631. The molecule has 0 bridgehead atoms. The molecule has 0 saturated heterocycles. The third-order valence-corrected chi connectivity index (χ3v) is 4.65. The molecule has 0 aliphatic rings. The number of aliphatic imine (C=N–C) groups is 1. The maximum absolute atomic E-state index is 5.23. The normalized spacial score (nSPS) is 11.4. The Morgan fingerprint density at radius 2 is 2.13 bits per heavy atom. The molecule has 1 aromatic heterocycles. The first-order valence-electron chi connectivity index (χ1n) is 7.62. The summed E-state index contributed by atoms with van der Waals surface area (Å²) in [4.78, 5) is 10.1. The van der Waals surface area contributed by atoms with Crippen molar-refractivity contribution < 1.29 is 4.74 Å². The van der Waals surface area contributed by atoms with E-state index in [1.54, 1.807) is 25.5 Å². The maximum Gasteiger partial charge on any atom is 0.191 e. The Balaban J connectivity index is 1.79. The summed E-state index contributed by atoms with van der Waals surface area (Å²) in [6.07, 6.45) is 0.902. The Bertz CT molecular complexity index is 647. The first-order valence-corrected chi connectivity index (χ1v) is 8.44. The molecule has 2 aromatic rings. The molecule has 0 radical (unpaired) electrons. The molecular weight excluding hydrogens is 308 g/mol. The van der Waals surface area contributed by atoms with Gasteiger partial charge < -0.3 is 15.4 Å². The average molecular weight is 332 g/mol. The van der Waals surface area contributed by atoms with Gasteiger partial charge in [-0.15, -0.1) is 11.3 Å². The third kappa shape index (κ3) is 5.25.